The van der Waals surface area contributed by atoms with Crippen molar-refractivity contribution < 1.29 is 14.0 Å². The molecule has 0 saturated carbocycles. The van der Waals surface area contributed by atoms with E-state index in [1.54, 1.807) is 16.3 Å². The fourth-order valence-corrected chi connectivity index (χ4v) is 4.34. The number of benzene rings is 2. The lowest BCUT2D eigenvalue weighted by molar-refractivity contribution is -0.121. The number of aromatic nitrogens is 1. The number of piperidine rings is 1. The molecule has 31 heavy (non-hydrogen) atoms. The quantitative estimate of drug-likeness (QED) is 0.543. The van der Waals surface area contributed by atoms with Crippen molar-refractivity contribution >= 4 is 51.3 Å². The molecular formula is C22H20ClFN4O2S. The first-order valence-corrected chi connectivity index (χ1v) is 11.1. The molecule has 1 unspecified atom stereocenters. The Hall–Kier alpha value is -2.97. The number of nitrogens with one attached hydrogen (secondary N) is 2. The van der Waals surface area contributed by atoms with Gasteiger partial charge in [-0.3, -0.25) is 9.59 Å². The summed E-state index contributed by atoms with van der Waals surface area (Å²) >= 11 is 7.46. The van der Waals surface area contributed by atoms with E-state index in [4.69, 9.17) is 11.6 Å². The highest BCUT2D eigenvalue weighted by molar-refractivity contribution is 7.14. The first-order valence-electron chi connectivity index (χ1n) is 9.86. The van der Waals surface area contributed by atoms with E-state index in [1.807, 2.05) is 18.2 Å². The average molecular weight is 459 g/mol. The standard InChI is InChI=1S/C22H20ClFN4O2S/c23-16-5-1-2-6-17(16)26-22-27-18(13-31-22)21(30)28-12-4-3-7-19(28)20(29)25-15-10-8-14(24)9-11-15/h1-2,5-6,8-11,13,19H,3-4,7,12H2,(H,25,29)(H,26,27). The Morgan fingerprint density at radius 1 is 1.13 bits per heavy atom. The van der Waals surface area contributed by atoms with Crippen LogP contribution in [0.5, 0.6) is 0 Å². The first kappa shape index (κ1) is 21.3. The van der Waals surface area contributed by atoms with Crippen LogP contribution in [0.1, 0.15) is 29.8 Å². The van der Waals surface area contributed by atoms with E-state index in [0.29, 0.717) is 34.5 Å². The molecule has 0 spiro atoms. The van der Waals surface area contributed by atoms with Crippen molar-refractivity contribution in [1.29, 1.82) is 0 Å². The number of carbonyl (C=O) groups is 2. The van der Waals surface area contributed by atoms with Gasteiger partial charge in [0.15, 0.2) is 5.13 Å². The summed E-state index contributed by atoms with van der Waals surface area (Å²) in [5.41, 5.74) is 1.47. The summed E-state index contributed by atoms with van der Waals surface area (Å²) in [4.78, 5) is 31.9. The second kappa shape index (κ2) is 9.45. The monoisotopic (exact) mass is 458 g/mol. The third kappa shape index (κ3) is 5.03. The van der Waals surface area contributed by atoms with Gasteiger partial charge in [-0.25, -0.2) is 9.37 Å². The molecule has 6 nitrogen and oxygen atoms in total. The molecule has 2 heterocycles. The van der Waals surface area contributed by atoms with Crippen molar-refractivity contribution in [2.75, 3.05) is 17.2 Å². The summed E-state index contributed by atoms with van der Waals surface area (Å²) in [5.74, 6) is -0.955. The molecule has 1 atom stereocenters. The predicted octanol–water partition coefficient (Wildman–Crippen LogP) is 5.31. The van der Waals surface area contributed by atoms with Crippen LogP contribution in [-0.2, 0) is 4.79 Å². The molecule has 160 valence electrons. The Labute approximate surface area is 188 Å². The number of thiazole rings is 1. The minimum absolute atomic E-state index is 0.279. The molecule has 0 radical (unpaired) electrons. The molecule has 1 aromatic heterocycles. The summed E-state index contributed by atoms with van der Waals surface area (Å²) in [6.45, 7) is 0.477. The number of hydrogen-bond acceptors (Lipinski definition) is 5. The van der Waals surface area contributed by atoms with E-state index >= 15 is 0 Å². The van der Waals surface area contributed by atoms with Gasteiger partial charge < -0.3 is 15.5 Å². The number of para-hydroxylation sites is 1. The molecule has 9 heteroatoms. The van der Waals surface area contributed by atoms with Gasteiger partial charge in [-0.1, -0.05) is 23.7 Å². The fraction of sp³-hybridized carbons (Fsp3) is 0.227. The third-order valence-corrected chi connectivity index (χ3v) is 6.10. The Morgan fingerprint density at radius 2 is 1.90 bits per heavy atom. The zero-order chi connectivity index (χ0) is 21.8. The third-order valence-electron chi connectivity index (χ3n) is 5.02. The number of halogens is 2. The molecule has 3 aromatic rings. The van der Waals surface area contributed by atoms with E-state index in [-0.39, 0.29) is 23.3 Å². The van der Waals surface area contributed by atoms with Crippen molar-refractivity contribution in [3.8, 4) is 0 Å². The van der Waals surface area contributed by atoms with E-state index in [9.17, 15) is 14.0 Å². The van der Waals surface area contributed by atoms with Crippen LogP contribution >= 0.6 is 22.9 Å². The fourth-order valence-electron chi connectivity index (χ4n) is 3.46. The average Bonchev–Trinajstić information content (AvgIpc) is 3.25. The van der Waals surface area contributed by atoms with Gasteiger partial charge in [0, 0.05) is 17.6 Å². The van der Waals surface area contributed by atoms with Crippen molar-refractivity contribution in [3.05, 3.63) is 70.4 Å². The second-order valence-corrected chi connectivity index (χ2v) is 8.41. The topological polar surface area (TPSA) is 74.3 Å². The predicted molar refractivity (Wildman–Crippen MR) is 121 cm³/mol. The highest BCUT2D eigenvalue weighted by atomic mass is 35.5. The van der Waals surface area contributed by atoms with Crippen LogP contribution in [0.3, 0.4) is 0 Å². The van der Waals surface area contributed by atoms with Crippen molar-refractivity contribution in [2.24, 2.45) is 0 Å². The zero-order valence-electron chi connectivity index (χ0n) is 16.5. The lowest BCUT2D eigenvalue weighted by Crippen LogP contribution is -2.50. The van der Waals surface area contributed by atoms with Crippen molar-refractivity contribution in [2.45, 2.75) is 25.3 Å². The number of amides is 2. The van der Waals surface area contributed by atoms with Crippen LogP contribution in [0.15, 0.2) is 53.9 Å². The number of carbonyl (C=O) groups excluding carboxylic acids is 2. The lowest BCUT2D eigenvalue weighted by Gasteiger charge is -2.34. The number of rotatable bonds is 5. The second-order valence-electron chi connectivity index (χ2n) is 7.15. The van der Waals surface area contributed by atoms with Crippen LogP contribution in [0.2, 0.25) is 5.02 Å². The van der Waals surface area contributed by atoms with Crippen LogP contribution in [0.25, 0.3) is 0 Å². The number of hydrogen-bond donors (Lipinski definition) is 2. The molecule has 1 fully saturated rings. The van der Waals surface area contributed by atoms with Gasteiger partial charge >= 0.3 is 0 Å². The summed E-state index contributed by atoms with van der Waals surface area (Å²) < 4.78 is 13.1. The Balaban J connectivity index is 1.47. The molecule has 0 aliphatic carbocycles. The minimum Gasteiger partial charge on any atom is -0.330 e. The van der Waals surface area contributed by atoms with Crippen LogP contribution in [0.4, 0.5) is 20.9 Å². The smallest absolute Gasteiger partial charge is 0.274 e. The van der Waals surface area contributed by atoms with Gasteiger partial charge in [0.25, 0.3) is 5.91 Å². The van der Waals surface area contributed by atoms with E-state index in [0.717, 1.165) is 12.8 Å². The molecular weight excluding hydrogens is 439 g/mol. The highest BCUT2D eigenvalue weighted by Crippen LogP contribution is 2.28. The van der Waals surface area contributed by atoms with Gasteiger partial charge in [-0.15, -0.1) is 11.3 Å². The SMILES string of the molecule is O=C(Nc1ccc(F)cc1)C1CCCCN1C(=O)c1csc(Nc2ccccc2Cl)n1. The Morgan fingerprint density at radius 3 is 2.68 bits per heavy atom. The molecule has 1 saturated heterocycles. The minimum atomic E-state index is -0.604. The zero-order valence-corrected chi connectivity index (χ0v) is 18.0. The van der Waals surface area contributed by atoms with Gasteiger partial charge in [0.1, 0.15) is 17.6 Å². The maximum atomic E-state index is 13.1. The maximum absolute atomic E-state index is 13.1. The van der Waals surface area contributed by atoms with E-state index in [1.165, 1.54) is 35.6 Å². The number of nitrogens with zero attached hydrogens (tertiary/aromatic N) is 2. The van der Waals surface area contributed by atoms with Gasteiger partial charge in [-0.05, 0) is 55.7 Å². The summed E-state index contributed by atoms with van der Waals surface area (Å²) in [6, 6.07) is 12.2. The highest BCUT2D eigenvalue weighted by Gasteiger charge is 2.33. The van der Waals surface area contributed by atoms with E-state index in [2.05, 4.69) is 15.6 Å². The summed E-state index contributed by atoms with van der Waals surface area (Å²) in [7, 11) is 0. The molecule has 1 aliphatic heterocycles. The van der Waals surface area contributed by atoms with Gasteiger partial charge in [-0.2, -0.15) is 0 Å². The number of anilines is 3. The number of likely N-dealkylation sites (tertiary alicyclic amines) is 1. The largest absolute Gasteiger partial charge is 0.330 e. The van der Waals surface area contributed by atoms with E-state index < -0.39 is 6.04 Å². The van der Waals surface area contributed by atoms with Crippen LogP contribution in [0, 0.1) is 5.82 Å². The first-order chi connectivity index (χ1) is 15.0. The lowest BCUT2D eigenvalue weighted by atomic mass is 10.0. The molecule has 1 aliphatic rings. The Bertz CT molecular complexity index is 1090. The van der Waals surface area contributed by atoms with Crippen molar-refractivity contribution in [1.82, 2.24) is 9.88 Å². The Kier molecular flexibility index (Phi) is 6.48. The van der Waals surface area contributed by atoms with Crippen LogP contribution < -0.4 is 10.6 Å². The van der Waals surface area contributed by atoms with Gasteiger partial charge in [0.05, 0.1) is 10.7 Å². The molecule has 2 N–H and O–H groups in total. The normalized spacial score (nSPS) is 16.1. The summed E-state index contributed by atoms with van der Waals surface area (Å²) in [6.07, 6.45) is 2.23. The van der Waals surface area contributed by atoms with Gasteiger partial charge in [0.2, 0.25) is 5.91 Å². The maximum Gasteiger partial charge on any atom is 0.274 e. The van der Waals surface area contributed by atoms with Crippen LogP contribution in [-0.4, -0.2) is 34.3 Å². The molecule has 0 bridgehead atoms. The molecule has 4 rings (SSSR count). The van der Waals surface area contributed by atoms with Crippen molar-refractivity contribution in [3.63, 3.8) is 0 Å². The summed E-state index contributed by atoms with van der Waals surface area (Å²) in [5, 5.41) is 8.66. The molecule has 2 aromatic carbocycles. The molecule has 2 amide bonds.